The van der Waals surface area contributed by atoms with Gasteiger partial charge < -0.3 is 9.63 Å². The highest BCUT2D eigenvalue weighted by atomic mass is 32.1. The number of thiophene rings is 1. The van der Waals surface area contributed by atoms with Crippen LogP contribution in [-0.4, -0.2) is 39.7 Å². The van der Waals surface area contributed by atoms with E-state index in [4.69, 9.17) is 9.63 Å². The van der Waals surface area contributed by atoms with Gasteiger partial charge in [0.1, 0.15) is 0 Å². The zero-order valence-corrected chi connectivity index (χ0v) is 11.4. The minimum atomic E-state index is -0.772. The highest BCUT2D eigenvalue weighted by Gasteiger charge is 2.11. The van der Waals surface area contributed by atoms with Crippen molar-refractivity contribution in [1.82, 2.24) is 15.0 Å². The highest BCUT2D eigenvalue weighted by molar-refractivity contribution is 7.13. The molecule has 6 nitrogen and oxygen atoms in total. The first-order valence-corrected chi connectivity index (χ1v) is 6.80. The molecular weight excluding hydrogens is 266 g/mol. The molecule has 2 aromatic rings. The SMILES string of the molecule is CN(CCCC(=O)O)Cc1nc(-c2cccs2)no1. The van der Waals surface area contributed by atoms with Gasteiger partial charge in [0.15, 0.2) is 0 Å². The molecule has 0 aliphatic rings. The summed E-state index contributed by atoms with van der Waals surface area (Å²) in [4.78, 5) is 17.7. The van der Waals surface area contributed by atoms with E-state index < -0.39 is 5.97 Å². The second-order valence-electron chi connectivity index (χ2n) is 4.22. The van der Waals surface area contributed by atoms with Crippen LogP contribution >= 0.6 is 11.3 Å². The molecule has 0 atom stereocenters. The van der Waals surface area contributed by atoms with Crippen molar-refractivity contribution in [3.05, 3.63) is 23.4 Å². The molecule has 2 heterocycles. The lowest BCUT2D eigenvalue weighted by Gasteiger charge is -2.12. The third-order valence-corrected chi connectivity index (χ3v) is 3.41. The van der Waals surface area contributed by atoms with E-state index in [2.05, 4.69) is 10.1 Å². The molecular formula is C12H15N3O3S. The predicted molar refractivity (Wildman–Crippen MR) is 70.8 cm³/mol. The summed E-state index contributed by atoms with van der Waals surface area (Å²) in [6.07, 6.45) is 0.784. The van der Waals surface area contributed by atoms with Crippen molar-refractivity contribution in [2.24, 2.45) is 0 Å². The molecule has 2 aromatic heterocycles. The first kappa shape index (κ1) is 13.7. The van der Waals surface area contributed by atoms with Crippen LogP contribution in [0.3, 0.4) is 0 Å². The van der Waals surface area contributed by atoms with Crippen molar-refractivity contribution in [2.45, 2.75) is 19.4 Å². The van der Waals surface area contributed by atoms with Crippen molar-refractivity contribution in [2.75, 3.05) is 13.6 Å². The standard InChI is InChI=1S/C12H15N3O3S/c1-15(6-2-5-11(16)17)8-10-13-12(14-18-10)9-4-3-7-19-9/h3-4,7H,2,5-6,8H2,1H3,(H,16,17). The maximum atomic E-state index is 10.4. The van der Waals surface area contributed by atoms with E-state index in [0.29, 0.717) is 31.2 Å². The number of carbonyl (C=O) groups is 1. The number of nitrogens with zero attached hydrogens (tertiary/aromatic N) is 3. The molecule has 0 spiro atoms. The van der Waals surface area contributed by atoms with Crippen LogP contribution < -0.4 is 0 Å². The van der Waals surface area contributed by atoms with Crippen LogP contribution in [0.4, 0.5) is 0 Å². The van der Waals surface area contributed by atoms with Crippen molar-refractivity contribution in [3.8, 4) is 10.7 Å². The van der Waals surface area contributed by atoms with E-state index in [1.54, 1.807) is 11.3 Å². The Balaban J connectivity index is 1.84. The van der Waals surface area contributed by atoms with Crippen LogP contribution in [-0.2, 0) is 11.3 Å². The fraction of sp³-hybridized carbons (Fsp3) is 0.417. The quantitative estimate of drug-likeness (QED) is 0.837. The first-order chi connectivity index (χ1) is 9.15. The summed E-state index contributed by atoms with van der Waals surface area (Å²) in [6.45, 7) is 1.21. The Labute approximate surface area is 114 Å². The number of aromatic nitrogens is 2. The van der Waals surface area contributed by atoms with Gasteiger partial charge in [-0.05, 0) is 31.5 Å². The van der Waals surface area contributed by atoms with Crippen molar-refractivity contribution in [1.29, 1.82) is 0 Å². The molecule has 102 valence electrons. The van der Waals surface area contributed by atoms with E-state index in [0.717, 1.165) is 4.88 Å². The first-order valence-electron chi connectivity index (χ1n) is 5.92. The van der Waals surface area contributed by atoms with Gasteiger partial charge >= 0.3 is 5.97 Å². The summed E-state index contributed by atoms with van der Waals surface area (Å²) >= 11 is 1.56. The molecule has 0 unspecified atom stereocenters. The zero-order valence-electron chi connectivity index (χ0n) is 10.6. The highest BCUT2D eigenvalue weighted by Crippen LogP contribution is 2.21. The lowest BCUT2D eigenvalue weighted by atomic mass is 10.3. The number of hydrogen-bond donors (Lipinski definition) is 1. The van der Waals surface area contributed by atoms with E-state index in [1.807, 2.05) is 29.5 Å². The van der Waals surface area contributed by atoms with Gasteiger partial charge in [-0.15, -0.1) is 11.3 Å². The molecule has 0 saturated heterocycles. The van der Waals surface area contributed by atoms with Crippen molar-refractivity contribution in [3.63, 3.8) is 0 Å². The second kappa shape index (κ2) is 6.44. The molecule has 0 bridgehead atoms. The Bertz CT molecular complexity index is 524. The molecule has 2 rings (SSSR count). The van der Waals surface area contributed by atoms with E-state index >= 15 is 0 Å². The van der Waals surface area contributed by atoms with E-state index in [1.165, 1.54) is 0 Å². The van der Waals surface area contributed by atoms with Gasteiger partial charge in [-0.1, -0.05) is 11.2 Å². The normalized spacial score (nSPS) is 11.1. The Morgan fingerprint density at radius 2 is 2.42 bits per heavy atom. The van der Waals surface area contributed by atoms with Crippen LogP contribution in [0.5, 0.6) is 0 Å². The summed E-state index contributed by atoms with van der Waals surface area (Å²) in [7, 11) is 1.90. The van der Waals surface area contributed by atoms with Gasteiger partial charge in [-0.2, -0.15) is 4.98 Å². The maximum absolute atomic E-state index is 10.4. The summed E-state index contributed by atoms with van der Waals surface area (Å²) in [5, 5.41) is 14.5. The number of carboxylic acids is 1. The smallest absolute Gasteiger partial charge is 0.303 e. The Morgan fingerprint density at radius 3 is 3.11 bits per heavy atom. The van der Waals surface area contributed by atoms with Gasteiger partial charge in [0.2, 0.25) is 11.7 Å². The van der Waals surface area contributed by atoms with Gasteiger partial charge in [0.05, 0.1) is 11.4 Å². The minimum Gasteiger partial charge on any atom is -0.481 e. The summed E-state index contributed by atoms with van der Waals surface area (Å²) in [6, 6.07) is 3.88. The van der Waals surface area contributed by atoms with Crippen LogP contribution in [0.25, 0.3) is 10.7 Å². The van der Waals surface area contributed by atoms with Gasteiger partial charge in [-0.3, -0.25) is 9.69 Å². The van der Waals surface area contributed by atoms with E-state index in [9.17, 15) is 4.79 Å². The molecule has 0 aliphatic carbocycles. The zero-order chi connectivity index (χ0) is 13.7. The third-order valence-electron chi connectivity index (χ3n) is 2.55. The summed E-state index contributed by atoms with van der Waals surface area (Å²) < 4.78 is 5.17. The molecule has 0 aliphatic heterocycles. The molecule has 0 aromatic carbocycles. The van der Waals surface area contributed by atoms with Gasteiger partial charge in [0.25, 0.3) is 0 Å². The average molecular weight is 281 g/mol. The molecule has 0 fully saturated rings. The molecule has 19 heavy (non-hydrogen) atoms. The summed E-state index contributed by atoms with van der Waals surface area (Å²) in [5.41, 5.74) is 0. The Morgan fingerprint density at radius 1 is 1.58 bits per heavy atom. The fourth-order valence-corrected chi connectivity index (χ4v) is 2.28. The maximum Gasteiger partial charge on any atom is 0.303 e. The van der Waals surface area contributed by atoms with Crippen LogP contribution in [0.2, 0.25) is 0 Å². The van der Waals surface area contributed by atoms with Crippen LogP contribution in [0, 0.1) is 0 Å². The molecule has 0 saturated carbocycles. The number of aliphatic carboxylic acids is 1. The average Bonchev–Trinajstić information content (AvgIpc) is 2.97. The monoisotopic (exact) mass is 281 g/mol. The third kappa shape index (κ3) is 4.15. The summed E-state index contributed by atoms with van der Waals surface area (Å²) in [5.74, 6) is 0.372. The van der Waals surface area contributed by atoms with Crippen LogP contribution in [0.15, 0.2) is 22.0 Å². The Kier molecular flexibility index (Phi) is 4.64. The lowest BCUT2D eigenvalue weighted by molar-refractivity contribution is -0.137. The molecule has 0 amide bonds. The molecule has 1 N–H and O–H groups in total. The number of carboxylic acid groups (broad SMARTS) is 1. The molecule has 0 radical (unpaired) electrons. The topological polar surface area (TPSA) is 79.5 Å². The van der Waals surface area contributed by atoms with Crippen molar-refractivity contribution < 1.29 is 14.4 Å². The largest absolute Gasteiger partial charge is 0.481 e. The Hall–Kier alpha value is -1.73. The predicted octanol–water partition coefficient (Wildman–Crippen LogP) is 2.09. The molecule has 7 heteroatoms. The lowest BCUT2D eigenvalue weighted by Crippen LogP contribution is -2.20. The minimum absolute atomic E-state index is 0.175. The van der Waals surface area contributed by atoms with Gasteiger partial charge in [0, 0.05) is 6.42 Å². The second-order valence-corrected chi connectivity index (χ2v) is 5.17. The number of hydrogen-bond acceptors (Lipinski definition) is 6. The fourth-order valence-electron chi connectivity index (χ4n) is 1.64. The van der Waals surface area contributed by atoms with E-state index in [-0.39, 0.29) is 6.42 Å². The van der Waals surface area contributed by atoms with Crippen molar-refractivity contribution >= 4 is 17.3 Å². The van der Waals surface area contributed by atoms with Gasteiger partial charge in [-0.25, -0.2) is 0 Å². The van der Waals surface area contributed by atoms with Crippen LogP contribution in [0.1, 0.15) is 18.7 Å². The number of rotatable bonds is 7.